The second-order valence-electron chi connectivity index (χ2n) is 7.51. The van der Waals surface area contributed by atoms with Gasteiger partial charge in [0.1, 0.15) is 11.2 Å². The summed E-state index contributed by atoms with van der Waals surface area (Å²) in [4.78, 5) is 48.6. The Kier molecular flexibility index (Phi) is 7.74. The van der Waals surface area contributed by atoms with Crippen molar-refractivity contribution in [3.8, 4) is 0 Å². The number of nitrogens with one attached hydrogen (secondary N) is 1. The van der Waals surface area contributed by atoms with E-state index in [4.69, 9.17) is 9.47 Å². The topological polar surface area (TPSA) is 142 Å². The lowest BCUT2D eigenvalue weighted by Crippen LogP contribution is -2.71. The molecule has 0 saturated heterocycles. The average Bonchev–Trinajstić information content (AvgIpc) is 2.41. The first-order chi connectivity index (χ1) is 11.6. The van der Waals surface area contributed by atoms with Crippen LogP contribution in [0.15, 0.2) is 0 Å². The van der Waals surface area contributed by atoms with E-state index in [-0.39, 0.29) is 17.6 Å². The van der Waals surface area contributed by atoms with Crippen LogP contribution in [0.25, 0.3) is 0 Å². The van der Waals surface area contributed by atoms with Gasteiger partial charge in [0.25, 0.3) is 0 Å². The van der Waals surface area contributed by atoms with Crippen LogP contribution >= 0.6 is 0 Å². The number of hydrogen-bond donors (Lipinski definition) is 3. The number of nitrogens with zero attached hydrogens (tertiary/aromatic N) is 1. The van der Waals surface area contributed by atoms with Gasteiger partial charge in [0, 0.05) is 6.42 Å². The fourth-order valence-electron chi connectivity index (χ4n) is 1.77. The molecule has 0 aliphatic rings. The summed E-state index contributed by atoms with van der Waals surface area (Å²) in [5.74, 6) is -0.976. The number of aldehydes is 1. The molecule has 26 heavy (non-hydrogen) atoms. The van der Waals surface area contributed by atoms with Gasteiger partial charge in [0.15, 0.2) is 6.29 Å². The number of amides is 3. The summed E-state index contributed by atoms with van der Waals surface area (Å²) in [6.07, 6.45) is -5.62. The molecule has 0 aromatic rings. The van der Waals surface area contributed by atoms with Gasteiger partial charge in [0.2, 0.25) is 17.9 Å². The highest BCUT2D eigenvalue weighted by Crippen LogP contribution is 2.21. The third kappa shape index (κ3) is 6.60. The van der Waals surface area contributed by atoms with Crippen molar-refractivity contribution in [3.05, 3.63) is 0 Å². The van der Waals surface area contributed by atoms with Crippen molar-refractivity contribution in [1.82, 2.24) is 10.2 Å². The van der Waals surface area contributed by atoms with Crippen LogP contribution in [0.1, 0.15) is 54.9 Å². The number of aliphatic hydroxyl groups is 2. The molecule has 0 heterocycles. The number of rotatable bonds is 5. The molecular formula is C16H28N2O8. The van der Waals surface area contributed by atoms with E-state index in [0.717, 1.165) is 0 Å². The summed E-state index contributed by atoms with van der Waals surface area (Å²) in [6.45, 7) is 10.5. The molecule has 3 amide bonds. The Hall–Kier alpha value is -2.20. The second-order valence-corrected chi connectivity index (χ2v) is 7.51. The van der Waals surface area contributed by atoms with Gasteiger partial charge in [-0.1, -0.05) is 6.92 Å². The van der Waals surface area contributed by atoms with E-state index in [2.05, 4.69) is 0 Å². The molecule has 0 aliphatic heterocycles. The smallest absolute Gasteiger partial charge is 0.419 e. The highest BCUT2D eigenvalue weighted by atomic mass is 16.6. The number of hydrogen-bond acceptors (Lipinski definition) is 8. The molecule has 0 aromatic heterocycles. The first kappa shape index (κ1) is 23.8. The monoisotopic (exact) mass is 376 g/mol. The maximum absolute atomic E-state index is 12.4. The predicted molar refractivity (Wildman–Crippen MR) is 89.8 cm³/mol. The van der Waals surface area contributed by atoms with Crippen LogP contribution in [0.3, 0.4) is 0 Å². The summed E-state index contributed by atoms with van der Waals surface area (Å²) in [5, 5.41) is 21.3. The van der Waals surface area contributed by atoms with E-state index < -0.39 is 41.2 Å². The SMILES string of the molecule is CCC(=O)N(C(=O)OC(C)(C)C)[C@@](C=O)(NC(=O)OC(C)(C)C)C(O)O. The van der Waals surface area contributed by atoms with Crippen molar-refractivity contribution in [3.63, 3.8) is 0 Å². The molecule has 3 N–H and O–H groups in total. The number of ether oxygens (including phenoxy) is 2. The fourth-order valence-corrected chi connectivity index (χ4v) is 1.77. The average molecular weight is 376 g/mol. The summed E-state index contributed by atoms with van der Waals surface area (Å²) in [6, 6.07) is 0. The standard InChI is InChI=1S/C16H28N2O8/c1-8-10(20)18(13(24)26-15(5,6)7)16(9-19,11(21)22)17-12(23)25-14(2,3)4/h9,11,21-22H,8H2,1-7H3,(H,17,23)/t16-/m1/s1. The highest BCUT2D eigenvalue weighted by Gasteiger charge is 2.52. The molecule has 0 aliphatic carbocycles. The van der Waals surface area contributed by atoms with Crippen LogP contribution in [0, 0.1) is 0 Å². The Labute approximate surface area is 152 Å². The van der Waals surface area contributed by atoms with Crippen molar-refractivity contribution in [2.75, 3.05) is 0 Å². The molecule has 10 nitrogen and oxygen atoms in total. The predicted octanol–water partition coefficient (Wildman–Crippen LogP) is 0.891. The summed E-state index contributed by atoms with van der Waals surface area (Å²) < 4.78 is 10.0. The van der Waals surface area contributed by atoms with E-state index in [0.29, 0.717) is 0 Å². The van der Waals surface area contributed by atoms with Gasteiger partial charge in [-0.05, 0) is 41.5 Å². The van der Waals surface area contributed by atoms with Crippen LogP contribution in [-0.2, 0) is 19.1 Å². The zero-order valence-corrected chi connectivity index (χ0v) is 16.2. The minimum atomic E-state index is -2.82. The highest BCUT2D eigenvalue weighted by molar-refractivity contribution is 5.97. The minimum absolute atomic E-state index is 0.140. The zero-order valence-electron chi connectivity index (χ0n) is 16.2. The minimum Gasteiger partial charge on any atom is -0.444 e. The molecule has 0 bridgehead atoms. The van der Waals surface area contributed by atoms with Gasteiger partial charge in [0.05, 0.1) is 0 Å². The largest absolute Gasteiger partial charge is 0.444 e. The molecule has 0 fully saturated rings. The third-order valence-electron chi connectivity index (χ3n) is 2.77. The maximum atomic E-state index is 12.4. The maximum Gasteiger partial charge on any atom is 0.419 e. The van der Waals surface area contributed by atoms with Gasteiger partial charge in [-0.3, -0.25) is 14.9 Å². The van der Waals surface area contributed by atoms with E-state index in [9.17, 15) is 29.4 Å². The van der Waals surface area contributed by atoms with Crippen molar-refractivity contribution in [1.29, 1.82) is 0 Å². The van der Waals surface area contributed by atoms with Crippen LogP contribution in [0.4, 0.5) is 9.59 Å². The van der Waals surface area contributed by atoms with Crippen LogP contribution in [0.5, 0.6) is 0 Å². The van der Waals surface area contributed by atoms with E-state index in [1.54, 1.807) is 0 Å². The lowest BCUT2D eigenvalue weighted by Gasteiger charge is -2.40. The normalized spacial score (nSPS) is 14.2. The van der Waals surface area contributed by atoms with Crippen LogP contribution in [0.2, 0.25) is 0 Å². The summed E-state index contributed by atoms with van der Waals surface area (Å²) in [7, 11) is 0. The van der Waals surface area contributed by atoms with Gasteiger partial charge >= 0.3 is 12.2 Å². The second kappa shape index (κ2) is 8.45. The summed E-state index contributed by atoms with van der Waals surface area (Å²) >= 11 is 0. The number of aliphatic hydroxyl groups excluding tert-OH is 1. The molecule has 1 atom stereocenters. The molecule has 0 unspecified atom stereocenters. The number of carbonyl (C=O) groups is 4. The Morgan fingerprint density at radius 2 is 1.50 bits per heavy atom. The molecular weight excluding hydrogens is 348 g/mol. The lowest BCUT2D eigenvalue weighted by molar-refractivity contribution is -0.176. The molecule has 0 rings (SSSR count). The first-order valence-electron chi connectivity index (χ1n) is 7.99. The van der Waals surface area contributed by atoms with E-state index in [1.165, 1.54) is 48.5 Å². The van der Waals surface area contributed by atoms with Crippen LogP contribution in [-0.4, -0.2) is 62.6 Å². The molecule has 0 saturated carbocycles. The third-order valence-corrected chi connectivity index (χ3v) is 2.77. The van der Waals surface area contributed by atoms with E-state index in [1.807, 2.05) is 5.32 Å². The van der Waals surface area contributed by atoms with Gasteiger partial charge in [-0.2, -0.15) is 0 Å². The fraction of sp³-hybridized carbons (Fsp3) is 0.750. The van der Waals surface area contributed by atoms with Crippen LogP contribution < -0.4 is 5.32 Å². The van der Waals surface area contributed by atoms with Gasteiger partial charge in [-0.15, -0.1) is 0 Å². The van der Waals surface area contributed by atoms with Crippen molar-refractivity contribution in [2.24, 2.45) is 0 Å². The number of carbonyl (C=O) groups excluding carboxylic acids is 4. The Bertz CT molecular complexity index is 547. The molecule has 10 heteroatoms. The number of alkyl carbamates (subject to hydrolysis) is 1. The Morgan fingerprint density at radius 1 is 1.04 bits per heavy atom. The Balaban J connectivity index is 6.07. The molecule has 0 spiro atoms. The quantitative estimate of drug-likeness (QED) is 0.474. The molecule has 0 aromatic carbocycles. The van der Waals surface area contributed by atoms with Crippen molar-refractivity contribution in [2.45, 2.75) is 78.0 Å². The lowest BCUT2D eigenvalue weighted by atomic mass is 10.1. The Morgan fingerprint density at radius 3 is 1.81 bits per heavy atom. The van der Waals surface area contributed by atoms with E-state index >= 15 is 0 Å². The number of imide groups is 1. The summed E-state index contributed by atoms with van der Waals surface area (Å²) in [5.41, 5.74) is -4.85. The van der Waals surface area contributed by atoms with Crippen molar-refractivity contribution < 1.29 is 38.9 Å². The van der Waals surface area contributed by atoms with Gasteiger partial charge < -0.3 is 19.7 Å². The van der Waals surface area contributed by atoms with Crippen molar-refractivity contribution >= 4 is 24.4 Å². The molecule has 150 valence electrons. The zero-order chi connectivity index (χ0) is 20.9. The first-order valence-corrected chi connectivity index (χ1v) is 7.99. The van der Waals surface area contributed by atoms with Gasteiger partial charge in [-0.25, -0.2) is 14.5 Å². The molecule has 0 radical (unpaired) electrons.